The standard InChI is InChI=1S/C13H15BrN2O4S/c14-9-6-8-10(15-13(18)12(8)17)7-11(9)16-2-1-4-21(19,20)5-3-16/h6-7,12,17H,1-5H2,(H,15,18). The first-order valence-corrected chi connectivity index (χ1v) is 9.26. The molecule has 2 aliphatic heterocycles. The second-order valence-corrected chi connectivity index (χ2v) is 8.43. The molecule has 1 fully saturated rings. The average Bonchev–Trinajstić information content (AvgIpc) is 2.59. The van der Waals surface area contributed by atoms with Gasteiger partial charge >= 0.3 is 0 Å². The molecule has 6 nitrogen and oxygen atoms in total. The van der Waals surface area contributed by atoms with Crippen molar-refractivity contribution in [3.63, 3.8) is 0 Å². The zero-order chi connectivity index (χ0) is 15.2. The summed E-state index contributed by atoms with van der Waals surface area (Å²) in [6, 6.07) is 3.50. The van der Waals surface area contributed by atoms with Gasteiger partial charge in [-0.05, 0) is 34.5 Å². The molecule has 114 valence electrons. The molecule has 0 radical (unpaired) electrons. The number of sulfone groups is 1. The van der Waals surface area contributed by atoms with Crippen LogP contribution in [0.25, 0.3) is 0 Å². The quantitative estimate of drug-likeness (QED) is 0.767. The third-order valence-electron chi connectivity index (χ3n) is 3.82. The molecule has 1 saturated heterocycles. The largest absolute Gasteiger partial charge is 0.378 e. The van der Waals surface area contributed by atoms with Crippen molar-refractivity contribution in [1.29, 1.82) is 0 Å². The molecule has 2 aliphatic rings. The van der Waals surface area contributed by atoms with Crippen LogP contribution >= 0.6 is 15.9 Å². The molecule has 2 N–H and O–H groups in total. The number of hydrogen-bond donors (Lipinski definition) is 2. The maximum Gasteiger partial charge on any atom is 0.257 e. The molecule has 3 rings (SSSR count). The van der Waals surface area contributed by atoms with Crippen LogP contribution in [0.1, 0.15) is 18.1 Å². The van der Waals surface area contributed by atoms with E-state index in [1.807, 2.05) is 4.90 Å². The van der Waals surface area contributed by atoms with Gasteiger partial charge in [0, 0.05) is 28.8 Å². The van der Waals surface area contributed by atoms with Crippen LogP contribution in [0.2, 0.25) is 0 Å². The molecule has 0 aromatic heterocycles. The zero-order valence-electron chi connectivity index (χ0n) is 11.2. The van der Waals surface area contributed by atoms with Gasteiger partial charge in [0.1, 0.15) is 0 Å². The lowest BCUT2D eigenvalue weighted by atomic mass is 10.1. The molecule has 1 aromatic rings. The van der Waals surface area contributed by atoms with Crippen LogP contribution in [0.4, 0.5) is 11.4 Å². The lowest BCUT2D eigenvalue weighted by molar-refractivity contribution is -0.123. The highest BCUT2D eigenvalue weighted by Gasteiger charge is 2.30. The van der Waals surface area contributed by atoms with E-state index in [1.165, 1.54) is 0 Å². The molecule has 1 aromatic carbocycles. The van der Waals surface area contributed by atoms with E-state index in [9.17, 15) is 18.3 Å². The summed E-state index contributed by atoms with van der Waals surface area (Å²) >= 11 is 3.45. The van der Waals surface area contributed by atoms with Gasteiger partial charge in [0.05, 0.1) is 17.2 Å². The van der Waals surface area contributed by atoms with Crippen molar-refractivity contribution in [2.24, 2.45) is 0 Å². The Balaban J connectivity index is 1.93. The molecular weight excluding hydrogens is 360 g/mol. The highest BCUT2D eigenvalue weighted by molar-refractivity contribution is 9.10. The first-order chi connectivity index (χ1) is 9.87. The van der Waals surface area contributed by atoms with Gasteiger partial charge in [-0.25, -0.2) is 8.42 Å². The number of amides is 1. The molecule has 0 spiro atoms. The van der Waals surface area contributed by atoms with Crippen LogP contribution in [-0.4, -0.2) is 44.0 Å². The summed E-state index contributed by atoms with van der Waals surface area (Å²) in [6.07, 6.45) is -0.559. The monoisotopic (exact) mass is 374 g/mol. The number of carbonyl (C=O) groups excluding carboxylic acids is 1. The van der Waals surface area contributed by atoms with E-state index < -0.39 is 21.8 Å². The first-order valence-electron chi connectivity index (χ1n) is 6.65. The average molecular weight is 375 g/mol. The fourth-order valence-electron chi connectivity index (χ4n) is 2.68. The SMILES string of the molecule is O=C1Nc2cc(N3CCCS(=O)(=O)CC3)c(Br)cc2C1O. The Morgan fingerprint density at radius 3 is 2.81 bits per heavy atom. The lowest BCUT2D eigenvalue weighted by Crippen LogP contribution is -2.27. The van der Waals surface area contributed by atoms with Crippen LogP contribution < -0.4 is 10.2 Å². The normalized spacial score (nSPS) is 24.4. The molecular formula is C13H15BrN2O4S. The minimum absolute atomic E-state index is 0.130. The predicted octanol–water partition coefficient (Wildman–Crippen LogP) is 1.06. The summed E-state index contributed by atoms with van der Waals surface area (Å²) in [5, 5.41) is 12.4. The number of carbonyl (C=O) groups is 1. The van der Waals surface area contributed by atoms with Gasteiger partial charge in [-0.1, -0.05) is 0 Å². The molecule has 0 bridgehead atoms. The smallest absolute Gasteiger partial charge is 0.257 e. The highest BCUT2D eigenvalue weighted by Crippen LogP contribution is 2.39. The number of fused-ring (bicyclic) bond motifs is 1. The van der Waals surface area contributed by atoms with E-state index >= 15 is 0 Å². The fraction of sp³-hybridized carbons (Fsp3) is 0.462. The van der Waals surface area contributed by atoms with E-state index in [-0.39, 0.29) is 11.5 Å². The Hall–Kier alpha value is -1.12. The van der Waals surface area contributed by atoms with Crippen molar-refractivity contribution in [1.82, 2.24) is 0 Å². The number of nitrogens with one attached hydrogen (secondary N) is 1. The number of aliphatic hydroxyl groups is 1. The van der Waals surface area contributed by atoms with Gasteiger partial charge in [0.25, 0.3) is 5.91 Å². The van der Waals surface area contributed by atoms with Crippen LogP contribution in [0.15, 0.2) is 16.6 Å². The maximum atomic E-state index is 11.7. The van der Waals surface area contributed by atoms with Crippen LogP contribution in [0.3, 0.4) is 0 Å². The molecule has 1 amide bonds. The Bertz CT molecular complexity index is 704. The highest BCUT2D eigenvalue weighted by atomic mass is 79.9. The van der Waals surface area contributed by atoms with Crippen molar-refractivity contribution >= 4 is 43.0 Å². The minimum atomic E-state index is -2.97. The van der Waals surface area contributed by atoms with Gasteiger partial charge in [0.2, 0.25) is 0 Å². The lowest BCUT2D eigenvalue weighted by Gasteiger charge is -2.24. The van der Waals surface area contributed by atoms with Crippen molar-refractivity contribution < 1.29 is 18.3 Å². The van der Waals surface area contributed by atoms with Gasteiger partial charge in [0.15, 0.2) is 15.9 Å². The van der Waals surface area contributed by atoms with E-state index in [0.717, 1.165) is 10.2 Å². The maximum absolute atomic E-state index is 11.7. The second-order valence-electron chi connectivity index (χ2n) is 5.28. The van der Waals surface area contributed by atoms with Gasteiger partial charge < -0.3 is 15.3 Å². The number of anilines is 2. The van der Waals surface area contributed by atoms with Crippen LogP contribution in [0, 0.1) is 0 Å². The summed E-state index contributed by atoms with van der Waals surface area (Å²) in [6.45, 7) is 1.07. The summed E-state index contributed by atoms with van der Waals surface area (Å²) in [7, 11) is -2.97. The molecule has 0 aliphatic carbocycles. The van der Waals surface area contributed by atoms with Gasteiger partial charge in [-0.2, -0.15) is 0 Å². The summed E-state index contributed by atoms with van der Waals surface area (Å²) in [5.41, 5.74) is 1.95. The second kappa shape index (κ2) is 5.26. The third kappa shape index (κ3) is 2.79. The van der Waals surface area contributed by atoms with E-state index in [1.54, 1.807) is 12.1 Å². The fourth-order valence-corrected chi connectivity index (χ4v) is 4.56. The topological polar surface area (TPSA) is 86.7 Å². The minimum Gasteiger partial charge on any atom is -0.378 e. The van der Waals surface area contributed by atoms with Crippen LogP contribution in [0.5, 0.6) is 0 Å². The van der Waals surface area contributed by atoms with Crippen molar-refractivity contribution in [2.45, 2.75) is 12.5 Å². The number of halogens is 1. The molecule has 0 saturated carbocycles. The number of aliphatic hydroxyl groups excluding tert-OH is 1. The van der Waals surface area contributed by atoms with Crippen molar-refractivity contribution in [3.8, 4) is 0 Å². The molecule has 2 heterocycles. The van der Waals surface area contributed by atoms with E-state index in [2.05, 4.69) is 21.2 Å². The van der Waals surface area contributed by atoms with E-state index in [4.69, 9.17) is 0 Å². The Kier molecular flexibility index (Phi) is 3.71. The molecule has 1 unspecified atom stereocenters. The third-order valence-corrected chi connectivity index (χ3v) is 6.17. The molecule has 21 heavy (non-hydrogen) atoms. The summed E-state index contributed by atoms with van der Waals surface area (Å²) in [4.78, 5) is 13.5. The predicted molar refractivity (Wildman–Crippen MR) is 83.2 cm³/mol. The number of hydrogen-bond acceptors (Lipinski definition) is 5. The van der Waals surface area contributed by atoms with E-state index in [0.29, 0.717) is 30.8 Å². The first kappa shape index (κ1) is 14.8. The van der Waals surface area contributed by atoms with Gasteiger partial charge in [-0.15, -0.1) is 0 Å². The van der Waals surface area contributed by atoms with Crippen molar-refractivity contribution in [3.05, 3.63) is 22.2 Å². The zero-order valence-corrected chi connectivity index (χ0v) is 13.6. The Morgan fingerprint density at radius 1 is 1.29 bits per heavy atom. The number of benzene rings is 1. The van der Waals surface area contributed by atoms with Gasteiger partial charge in [-0.3, -0.25) is 4.79 Å². The molecule has 8 heteroatoms. The number of nitrogens with zero attached hydrogens (tertiary/aromatic N) is 1. The Labute approximate surface area is 131 Å². The number of rotatable bonds is 1. The van der Waals surface area contributed by atoms with Crippen molar-refractivity contribution in [2.75, 3.05) is 34.8 Å². The molecule has 1 atom stereocenters. The summed E-state index contributed by atoms with van der Waals surface area (Å²) in [5.74, 6) is -0.0972. The summed E-state index contributed by atoms with van der Waals surface area (Å²) < 4.78 is 24.1. The van der Waals surface area contributed by atoms with Crippen LogP contribution in [-0.2, 0) is 14.6 Å². The Morgan fingerprint density at radius 2 is 2.05 bits per heavy atom.